The Kier molecular flexibility index (Phi) is 2.16. The lowest BCUT2D eigenvalue weighted by molar-refractivity contribution is 0.592. The molecule has 0 unspecified atom stereocenters. The number of hydrogen-bond donors (Lipinski definition) is 0. The first-order valence-corrected chi connectivity index (χ1v) is 5.14. The summed E-state index contributed by atoms with van der Waals surface area (Å²) in [5.41, 5.74) is 4.09. The highest BCUT2D eigenvalue weighted by atomic mass is 79.9. The molecule has 0 spiro atoms. The van der Waals surface area contributed by atoms with Crippen LogP contribution in [0.4, 0.5) is 0 Å². The molecule has 1 nitrogen and oxygen atoms in total. The second-order valence-electron chi connectivity index (χ2n) is 3.46. The molecule has 0 fully saturated rings. The van der Waals surface area contributed by atoms with Gasteiger partial charge in [-0.1, -0.05) is 34.1 Å². The van der Waals surface area contributed by atoms with Crippen LogP contribution in [0.25, 0.3) is 5.70 Å². The molecule has 0 bridgehead atoms. The quantitative estimate of drug-likeness (QED) is 0.727. The summed E-state index contributed by atoms with van der Waals surface area (Å²) in [7, 11) is 4.17. The van der Waals surface area contributed by atoms with Gasteiger partial charge in [0, 0.05) is 29.8 Å². The van der Waals surface area contributed by atoms with E-state index in [-0.39, 0.29) is 0 Å². The highest BCUT2D eigenvalue weighted by Crippen LogP contribution is 2.34. The van der Waals surface area contributed by atoms with Crippen LogP contribution in [0.2, 0.25) is 0 Å². The topological polar surface area (TPSA) is 3.24 Å². The number of nitrogens with zero attached hydrogens (tertiary/aromatic N) is 1. The smallest absolute Gasteiger partial charge is 0.0411 e. The lowest BCUT2D eigenvalue weighted by Crippen LogP contribution is -2.08. The molecule has 2 heteroatoms. The van der Waals surface area contributed by atoms with Gasteiger partial charge in [-0.25, -0.2) is 0 Å². The number of benzene rings is 1. The van der Waals surface area contributed by atoms with Crippen molar-refractivity contribution >= 4 is 21.6 Å². The summed E-state index contributed by atoms with van der Waals surface area (Å²) >= 11 is 3.59. The van der Waals surface area contributed by atoms with Crippen molar-refractivity contribution in [3.63, 3.8) is 0 Å². The van der Waals surface area contributed by atoms with E-state index in [9.17, 15) is 0 Å². The Morgan fingerprint density at radius 3 is 2.77 bits per heavy atom. The first kappa shape index (κ1) is 8.82. The maximum atomic E-state index is 3.59. The molecule has 68 valence electrons. The Bertz CT molecular complexity index is 366. The van der Waals surface area contributed by atoms with Gasteiger partial charge in [-0.3, -0.25) is 0 Å². The first-order valence-electron chi connectivity index (χ1n) is 4.35. The maximum absolute atomic E-state index is 3.59. The highest BCUT2D eigenvalue weighted by Gasteiger charge is 2.17. The van der Waals surface area contributed by atoms with Crippen molar-refractivity contribution in [2.45, 2.75) is 6.42 Å². The van der Waals surface area contributed by atoms with Crippen LogP contribution in [0.5, 0.6) is 0 Å². The van der Waals surface area contributed by atoms with Gasteiger partial charge in [-0.05, 0) is 18.1 Å². The van der Waals surface area contributed by atoms with E-state index in [2.05, 4.69) is 59.2 Å². The molecule has 13 heavy (non-hydrogen) atoms. The van der Waals surface area contributed by atoms with Crippen LogP contribution >= 0.6 is 15.9 Å². The minimum absolute atomic E-state index is 1.06. The lowest BCUT2D eigenvalue weighted by atomic mass is 10.1. The van der Waals surface area contributed by atoms with E-state index < -0.39 is 0 Å². The van der Waals surface area contributed by atoms with E-state index in [0.29, 0.717) is 0 Å². The largest absolute Gasteiger partial charge is 0.377 e. The molecule has 0 saturated carbocycles. The zero-order valence-electron chi connectivity index (χ0n) is 7.84. The van der Waals surface area contributed by atoms with Gasteiger partial charge < -0.3 is 4.90 Å². The number of halogens is 1. The number of allylic oxidation sites excluding steroid dienone is 1. The fraction of sp³-hybridized carbons (Fsp3) is 0.273. The summed E-state index contributed by atoms with van der Waals surface area (Å²) in [5, 5.41) is 0. The number of fused-ring (bicyclic) bond motifs is 1. The lowest BCUT2D eigenvalue weighted by Gasteiger charge is -2.16. The molecule has 1 aromatic carbocycles. The second kappa shape index (κ2) is 3.18. The van der Waals surface area contributed by atoms with Gasteiger partial charge in [-0.15, -0.1) is 0 Å². The predicted molar refractivity (Wildman–Crippen MR) is 59.5 cm³/mol. The van der Waals surface area contributed by atoms with Crippen LogP contribution in [-0.4, -0.2) is 19.0 Å². The van der Waals surface area contributed by atoms with Crippen molar-refractivity contribution < 1.29 is 0 Å². The highest BCUT2D eigenvalue weighted by molar-refractivity contribution is 9.10. The zero-order valence-corrected chi connectivity index (χ0v) is 9.43. The molecular formula is C11H12BrN. The van der Waals surface area contributed by atoms with Crippen molar-refractivity contribution in [3.05, 3.63) is 39.9 Å². The van der Waals surface area contributed by atoms with Gasteiger partial charge >= 0.3 is 0 Å². The average Bonchev–Trinajstić information content (AvgIpc) is 2.49. The molecule has 0 atom stereocenters. The summed E-state index contributed by atoms with van der Waals surface area (Å²) in [6, 6.07) is 6.38. The van der Waals surface area contributed by atoms with Crippen molar-refractivity contribution in [1.29, 1.82) is 0 Å². The molecule has 1 aliphatic rings. The Labute approximate surface area is 87.2 Å². The third-order valence-electron chi connectivity index (χ3n) is 2.35. The molecule has 1 aromatic rings. The molecular weight excluding hydrogens is 226 g/mol. The SMILES string of the molecule is CN(C)C1=CCc2cccc(Br)c21. The third-order valence-corrected chi connectivity index (χ3v) is 3.01. The van der Waals surface area contributed by atoms with E-state index in [1.54, 1.807) is 0 Å². The Hall–Kier alpha value is -0.760. The normalized spacial score (nSPS) is 13.9. The Morgan fingerprint density at radius 2 is 2.08 bits per heavy atom. The van der Waals surface area contributed by atoms with Crippen LogP contribution in [0, 0.1) is 0 Å². The Balaban J connectivity index is 2.54. The maximum Gasteiger partial charge on any atom is 0.0411 e. The molecule has 0 radical (unpaired) electrons. The van der Waals surface area contributed by atoms with Gasteiger partial charge in [0.1, 0.15) is 0 Å². The first-order chi connectivity index (χ1) is 6.20. The van der Waals surface area contributed by atoms with Crippen LogP contribution in [0.15, 0.2) is 28.7 Å². The molecule has 0 heterocycles. The van der Waals surface area contributed by atoms with Crippen LogP contribution in [0.3, 0.4) is 0 Å². The molecule has 0 aromatic heterocycles. The minimum Gasteiger partial charge on any atom is -0.377 e. The Morgan fingerprint density at radius 1 is 1.31 bits per heavy atom. The van der Waals surface area contributed by atoms with Crippen LogP contribution in [0.1, 0.15) is 11.1 Å². The van der Waals surface area contributed by atoms with E-state index >= 15 is 0 Å². The zero-order chi connectivity index (χ0) is 9.42. The minimum atomic E-state index is 1.06. The third kappa shape index (κ3) is 1.39. The second-order valence-corrected chi connectivity index (χ2v) is 4.32. The molecule has 0 N–H and O–H groups in total. The van der Waals surface area contributed by atoms with Gasteiger partial charge in [-0.2, -0.15) is 0 Å². The monoisotopic (exact) mass is 237 g/mol. The molecule has 0 saturated heterocycles. The van der Waals surface area contributed by atoms with E-state index in [1.165, 1.54) is 21.3 Å². The van der Waals surface area contributed by atoms with Crippen molar-refractivity contribution in [2.75, 3.05) is 14.1 Å². The van der Waals surface area contributed by atoms with E-state index in [1.807, 2.05) is 0 Å². The number of hydrogen-bond acceptors (Lipinski definition) is 1. The molecule has 1 aliphatic carbocycles. The average molecular weight is 238 g/mol. The molecule has 2 rings (SSSR count). The summed E-state index contributed by atoms with van der Waals surface area (Å²) in [4.78, 5) is 2.16. The van der Waals surface area contributed by atoms with Crippen molar-refractivity contribution in [2.24, 2.45) is 0 Å². The molecule has 0 aliphatic heterocycles. The van der Waals surface area contributed by atoms with Crippen molar-refractivity contribution in [1.82, 2.24) is 4.90 Å². The van der Waals surface area contributed by atoms with Crippen molar-refractivity contribution in [3.8, 4) is 0 Å². The molecule has 0 amide bonds. The summed E-state index contributed by atoms with van der Waals surface area (Å²) in [5.74, 6) is 0. The fourth-order valence-corrected chi connectivity index (χ4v) is 2.35. The summed E-state index contributed by atoms with van der Waals surface area (Å²) in [6.07, 6.45) is 3.33. The fourth-order valence-electron chi connectivity index (χ4n) is 1.74. The standard InChI is InChI=1S/C11H12BrN/c1-13(2)10-7-6-8-4-3-5-9(12)11(8)10/h3-5,7H,6H2,1-2H3. The van der Waals surface area contributed by atoms with E-state index in [0.717, 1.165) is 6.42 Å². The van der Waals surface area contributed by atoms with Gasteiger partial charge in [0.05, 0.1) is 0 Å². The van der Waals surface area contributed by atoms with Gasteiger partial charge in [0.15, 0.2) is 0 Å². The van der Waals surface area contributed by atoms with Crippen LogP contribution < -0.4 is 0 Å². The summed E-state index contributed by atoms with van der Waals surface area (Å²) in [6.45, 7) is 0. The van der Waals surface area contributed by atoms with Gasteiger partial charge in [0.25, 0.3) is 0 Å². The number of rotatable bonds is 1. The van der Waals surface area contributed by atoms with Gasteiger partial charge in [0.2, 0.25) is 0 Å². The van der Waals surface area contributed by atoms with Crippen LogP contribution in [-0.2, 0) is 6.42 Å². The summed E-state index contributed by atoms with van der Waals surface area (Å²) < 4.78 is 1.20. The van der Waals surface area contributed by atoms with E-state index in [4.69, 9.17) is 0 Å². The predicted octanol–water partition coefficient (Wildman–Crippen LogP) is 2.91.